The molecule has 1 saturated heterocycles. The fourth-order valence-corrected chi connectivity index (χ4v) is 4.59. The summed E-state index contributed by atoms with van der Waals surface area (Å²) in [5.74, 6) is 0.927. The molecule has 1 aromatic carbocycles. The molecule has 1 heterocycles. The van der Waals surface area contributed by atoms with Crippen LogP contribution in [0.25, 0.3) is 0 Å². The zero-order valence-corrected chi connectivity index (χ0v) is 15.6. The lowest BCUT2D eigenvalue weighted by Crippen LogP contribution is -2.50. The predicted octanol–water partition coefficient (Wildman–Crippen LogP) is 3.66. The van der Waals surface area contributed by atoms with Crippen LogP contribution in [0, 0.1) is 5.92 Å². The highest BCUT2D eigenvalue weighted by atomic mass is 35.5. The van der Waals surface area contributed by atoms with Crippen molar-refractivity contribution in [2.45, 2.75) is 50.5 Å². The highest BCUT2D eigenvalue weighted by Crippen LogP contribution is 2.43. The predicted molar refractivity (Wildman–Crippen MR) is 101 cm³/mol. The molecule has 3 rings (SSSR count). The van der Waals surface area contributed by atoms with Crippen molar-refractivity contribution in [2.24, 2.45) is 5.92 Å². The minimum atomic E-state index is -0.596. The van der Waals surface area contributed by atoms with E-state index in [1.165, 1.54) is 12.0 Å². The summed E-state index contributed by atoms with van der Waals surface area (Å²) < 4.78 is 0. The second-order valence-electron chi connectivity index (χ2n) is 7.61. The number of halogens is 1. The number of piperazine rings is 1. The maximum absolute atomic E-state index is 11.5. The first-order valence-electron chi connectivity index (χ1n) is 9.51. The number of nitrogens with zero attached hydrogens (tertiary/aromatic N) is 1. The Balaban J connectivity index is 1.81. The molecular weight excluding hydrogens is 320 g/mol. The van der Waals surface area contributed by atoms with Gasteiger partial charge in [-0.25, -0.2) is 0 Å². The van der Waals surface area contributed by atoms with Crippen LogP contribution in [-0.4, -0.2) is 48.3 Å². The number of nitrogens with one attached hydrogen (secondary N) is 1. The molecule has 134 valence electrons. The van der Waals surface area contributed by atoms with E-state index in [0.717, 1.165) is 69.3 Å². The maximum atomic E-state index is 11.5. The van der Waals surface area contributed by atoms with Gasteiger partial charge < -0.3 is 15.3 Å². The maximum Gasteiger partial charge on any atom is 0.0728 e. The zero-order valence-electron chi connectivity index (χ0n) is 14.8. The Bertz CT molecular complexity index is 522. The summed E-state index contributed by atoms with van der Waals surface area (Å²) in [6.45, 7) is 7.40. The van der Waals surface area contributed by atoms with Crippen LogP contribution in [0.2, 0.25) is 5.02 Å². The Morgan fingerprint density at radius 1 is 1.29 bits per heavy atom. The molecule has 2 fully saturated rings. The summed E-state index contributed by atoms with van der Waals surface area (Å²) in [7, 11) is 0. The van der Waals surface area contributed by atoms with Crippen LogP contribution in [0.1, 0.15) is 50.5 Å². The molecule has 3 nitrogen and oxygen atoms in total. The first-order chi connectivity index (χ1) is 11.6. The molecule has 1 saturated carbocycles. The van der Waals surface area contributed by atoms with Crippen LogP contribution >= 0.6 is 11.6 Å². The van der Waals surface area contributed by atoms with Gasteiger partial charge in [-0.3, -0.25) is 0 Å². The molecule has 0 amide bonds. The second kappa shape index (κ2) is 8.18. The van der Waals surface area contributed by atoms with E-state index in [-0.39, 0.29) is 5.92 Å². The molecule has 0 aromatic heterocycles. The molecule has 4 heteroatoms. The topological polar surface area (TPSA) is 35.5 Å². The summed E-state index contributed by atoms with van der Waals surface area (Å²) in [5, 5.41) is 15.7. The molecule has 0 bridgehead atoms. The van der Waals surface area contributed by atoms with E-state index in [4.69, 9.17) is 11.6 Å². The van der Waals surface area contributed by atoms with Crippen molar-refractivity contribution in [3.63, 3.8) is 0 Å². The van der Waals surface area contributed by atoms with E-state index in [1.807, 2.05) is 12.1 Å². The molecule has 1 aliphatic heterocycles. The molecule has 1 aromatic rings. The van der Waals surface area contributed by atoms with Gasteiger partial charge in [0.25, 0.3) is 0 Å². The SMILES string of the molecule is CCC1CCC(O)(C(CN2CCNCC2)c2cccc(Cl)c2)CC1. The molecule has 2 aliphatic rings. The molecule has 1 aliphatic carbocycles. The van der Waals surface area contributed by atoms with Crippen molar-refractivity contribution in [3.8, 4) is 0 Å². The quantitative estimate of drug-likeness (QED) is 0.850. The minimum absolute atomic E-state index is 0.145. The van der Waals surface area contributed by atoms with Gasteiger partial charge in [0.15, 0.2) is 0 Å². The standard InChI is InChI=1S/C20H31ClN2O/c1-2-16-6-8-20(24,9-7-16)19(15-23-12-10-22-11-13-23)17-4-3-5-18(21)14-17/h3-5,14,16,19,22,24H,2,6-13,15H2,1H3. The summed E-state index contributed by atoms with van der Waals surface area (Å²) in [5.41, 5.74) is 0.597. The van der Waals surface area contributed by atoms with Gasteiger partial charge >= 0.3 is 0 Å². The average Bonchev–Trinajstić information content (AvgIpc) is 2.61. The monoisotopic (exact) mass is 350 g/mol. The van der Waals surface area contributed by atoms with Gasteiger partial charge in [0.1, 0.15) is 0 Å². The van der Waals surface area contributed by atoms with E-state index in [2.05, 4.69) is 29.3 Å². The Morgan fingerprint density at radius 3 is 2.62 bits per heavy atom. The van der Waals surface area contributed by atoms with Crippen LogP contribution in [0.3, 0.4) is 0 Å². The molecule has 0 radical (unpaired) electrons. The summed E-state index contributed by atoms with van der Waals surface area (Å²) in [6.07, 6.45) is 5.34. The third kappa shape index (κ3) is 4.32. The second-order valence-corrected chi connectivity index (χ2v) is 8.05. The summed E-state index contributed by atoms with van der Waals surface area (Å²) >= 11 is 6.26. The molecule has 1 atom stereocenters. The molecule has 0 spiro atoms. The Morgan fingerprint density at radius 2 is 2.00 bits per heavy atom. The van der Waals surface area contributed by atoms with Crippen LogP contribution in [0.4, 0.5) is 0 Å². The number of benzene rings is 1. The average molecular weight is 351 g/mol. The number of hydrogen-bond acceptors (Lipinski definition) is 3. The van der Waals surface area contributed by atoms with Gasteiger partial charge in [0.05, 0.1) is 5.60 Å². The fraction of sp³-hybridized carbons (Fsp3) is 0.700. The highest BCUT2D eigenvalue weighted by molar-refractivity contribution is 6.30. The lowest BCUT2D eigenvalue weighted by atomic mass is 9.69. The van der Waals surface area contributed by atoms with Crippen molar-refractivity contribution in [1.82, 2.24) is 10.2 Å². The van der Waals surface area contributed by atoms with E-state index in [0.29, 0.717) is 0 Å². The molecule has 1 unspecified atom stereocenters. The van der Waals surface area contributed by atoms with E-state index in [9.17, 15) is 5.11 Å². The third-order valence-corrected chi connectivity index (χ3v) is 6.33. The lowest BCUT2D eigenvalue weighted by Gasteiger charge is -2.44. The van der Waals surface area contributed by atoms with Gasteiger partial charge in [-0.1, -0.05) is 37.1 Å². The lowest BCUT2D eigenvalue weighted by molar-refractivity contribution is -0.0425. The van der Waals surface area contributed by atoms with E-state index in [1.54, 1.807) is 0 Å². The van der Waals surface area contributed by atoms with Crippen molar-refractivity contribution >= 4 is 11.6 Å². The normalized spacial score (nSPS) is 30.2. The smallest absolute Gasteiger partial charge is 0.0728 e. The summed E-state index contributed by atoms with van der Waals surface area (Å²) in [6, 6.07) is 8.13. The largest absolute Gasteiger partial charge is 0.389 e. The van der Waals surface area contributed by atoms with Crippen LogP contribution < -0.4 is 5.32 Å². The van der Waals surface area contributed by atoms with E-state index < -0.39 is 5.60 Å². The molecule has 24 heavy (non-hydrogen) atoms. The Hall–Kier alpha value is -0.610. The van der Waals surface area contributed by atoms with Gasteiger partial charge in [-0.2, -0.15) is 0 Å². The first-order valence-corrected chi connectivity index (χ1v) is 9.89. The van der Waals surface area contributed by atoms with Gasteiger partial charge in [-0.05, 0) is 49.3 Å². The van der Waals surface area contributed by atoms with Gasteiger partial charge in [0, 0.05) is 43.7 Å². The molecular formula is C20H31ClN2O. The van der Waals surface area contributed by atoms with Gasteiger partial charge in [-0.15, -0.1) is 0 Å². The van der Waals surface area contributed by atoms with Crippen LogP contribution in [0.15, 0.2) is 24.3 Å². The number of aliphatic hydroxyl groups is 1. The zero-order chi connectivity index (χ0) is 17.0. The van der Waals surface area contributed by atoms with Crippen molar-refractivity contribution in [3.05, 3.63) is 34.9 Å². The number of hydrogen-bond donors (Lipinski definition) is 2. The van der Waals surface area contributed by atoms with E-state index >= 15 is 0 Å². The Labute approximate surface area is 151 Å². The summed E-state index contributed by atoms with van der Waals surface area (Å²) in [4.78, 5) is 2.49. The number of rotatable bonds is 5. The van der Waals surface area contributed by atoms with Crippen LogP contribution in [0.5, 0.6) is 0 Å². The third-order valence-electron chi connectivity index (χ3n) is 6.10. The van der Waals surface area contributed by atoms with Crippen molar-refractivity contribution in [2.75, 3.05) is 32.7 Å². The highest BCUT2D eigenvalue weighted by Gasteiger charge is 2.41. The van der Waals surface area contributed by atoms with Crippen molar-refractivity contribution < 1.29 is 5.11 Å². The Kier molecular flexibility index (Phi) is 6.20. The molecule has 2 N–H and O–H groups in total. The van der Waals surface area contributed by atoms with Crippen LogP contribution in [-0.2, 0) is 0 Å². The minimum Gasteiger partial charge on any atom is -0.389 e. The fourth-order valence-electron chi connectivity index (χ4n) is 4.40. The van der Waals surface area contributed by atoms with Crippen molar-refractivity contribution in [1.29, 1.82) is 0 Å². The first kappa shape index (κ1) is 18.2. The van der Waals surface area contributed by atoms with Gasteiger partial charge in [0.2, 0.25) is 0 Å².